The largest absolute Gasteiger partial charge is 0.415 e. The summed E-state index contributed by atoms with van der Waals surface area (Å²) in [7, 11) is -1.24. The normalized spacial score (nSPS) is 15.7. The van der Waals surface area contributed by atoms with Crippen molar-refractivity contribution in [2.45, 2.75) is 46.0 Å². The summed E-state index contributed by atoms with van der Waals surface area (Å²) in [4.78, 5) is 0. The van der Waals surface area contributed by atoms with Crippen LogP contribution < -0.4 is 0 Å². The molecule has 0 aliphatic rings. The van der Waals surface area contributed by atoms with Gasteiger partial charge in [0.05, 0.1) is 0 Å². The Hall–Kier alpha value is 0.177. The van der Waals surface area contributed by atoms with Crippen LogP contribution in [0.4, 0.5) is 0 Å². The van der Waals surface area contributed by atoms with Crippen LogP contribution in [0.25, 0.3) is 0 Å². The summed E-state index contributed by atoms with van der Waals surface area (Å²) in [5.41, 5.74) is 0. The molecular formula is C7H18OSi. The molecular weight excluding hydrogens is 128 g/mol. The van der Waals surface area contributed by atoms with E-state index in [-0.39, 0.29) is 0 Å². The molecule has 0 amide bonds. The Labute approximate surface area is 59.5 Å². The molecule has 0 radical (unpaired) electrons. The number of rotatable bonds is 3. The second-order valence-corrected chi connectivity index (χ2v) is 7.91. The van der Waals surface area contributed by atoms with Crippen molar-refractivity contribution in [1.82, 2.24) is 0 Å². The van der Waals surface area contributed by atoms with Crippen LogP contribution in [0.3, 0.4) is 0 Å². The molecule has 0 aromatic rings. The standard InChI is InChI=1S/C7H18OSi/c1-6-7(2)8-9(3,4)5/h7H,6H2,1-5H3. The lowest BCUT2D eigenvalue weighted by atomic mass is 10.3. The molecule has 1 unspecified atom stereocenters. The summed E-state index contributed by atoms with van der Waals surface area (Å²) < 4.78 is 5.73. The average molecular weight is 146 g/mol. The van der Waals surface area contributed by atoms with Gasteiger partial charge in [-0.25, -0.2) is 0 Å². The highest BCUT2D eigenvalue weighted by Crippen LogP contribution is 2.08. The van der Waals surface area contributed by atoms with Crippen LogP contribution in [-0.2, 0) is 4.43 Å². The van der Waals surface area contributed by atoms with Gasteiger partial charge < -0.3 is 4.43 Å². The molecule has 0 aliphatic heterocycles. The van der Waals surface area contributed by atoms with E-state index in [0.29, 0.717) is 6.10 Å². The van der Waals surface area contributed by atoms with Crippen molar-refractivity contribution < 1.29 is 4.43 Å². The van der Waals surface area contributed by atoms with Crippen LogP contribution in [-0.4, -0.2) is 14.4 Å². The predicted octanol–water partition coefficient (Wildman–Crippen LogP) is 2.64. The second-order valence-electron chi connectivity index (χ2n) is 3.45. The number of hydrogen-bond acceptors (Lipinski definition) is 1. The molecule has 0 aromatic heterocycles. The SMILES string of the molecule is CCC(C)O[Si](C)(C)C. The lowest BCUT2D eigenvalue weighted by molar-refractivity contribution is 0.210. The first-order valence-corrected chi connectivity index (χ1v) is 7.04. The molecule has 0 spiro atoms. The van der Waals surface area contributed by atoms with Gasteiger partial charge in [-0.15, -0.1) is 0 Å². The topological polar surface area (TPSA) is 9.23 Å². The fourth-order valence-electron chi connectivity index (χ4n) is 0.687. The Morgan fingerprint density at radius 1 is 1.33 bits per heavy atom. The molecule has 9 heavy (non-hydrogen) atoms. The van der Waals surface area contributed by atoms with Crippen LogP contribution in [0.1, 0.15) is 20.3 Å². The molecule has 0 fully saturated rings. The number of hydrogen-bond donors (Lipinski definition) is 0. The first-order valence-electron chi connectivity index (χ1n) is 3.63. The predicted molar refractivity (Wildman–Crippen MR) is 44.2 cm³/mol. The maximum Gasteiger partial charge on any atom is 0.184 e. The minimum Gasteiger partial charge on any atom is -0.415 e. The Morgan fingerprint density at radius 2 is 1.78 bits per heavy atom. The Balaban J connectivity index is 3.47. The van der Waals surface area contributed by atoms with Crippen LogP contribution in [0, 0.1) is 0 Å². The van der Waals surface area contributed by atoms with Crippen molar-refractivity contribution in [1.29, 1.82) is 0 Å². The Kier molecular flexibility index (Phi) is 3.44. The van der Waals surface area contributed by atoms with Crippen molar-refractivity contribution in [3.8, 4) is 0 Å². The van der Waals surface area contributed by atoms with Crippen LogP contribution in [0.15, 0.2) is 0 Å². The molecule has 0 saturated heterocycles. The fraction of sp³-hybridized carbons (Fsp3) is 1.00. The molecule has 0 saturated carbocycles. The van der Waals surface area contributed by atoms with Gasteiger partial charge in [0, 0.05) is 6.10 Å². The molecule has 1 nitrogen and oxygen atoms in total. The third-order valence-corrected chi connectivity index (χ3v) is 2.24. The minimum absolute atomic E-state index is 0.455. The molecule has 0 bridgehead atoms. The molecule has 56 valence electrons. The van der Waals surface area contributed by atoms with Crippen molar-refractivity contribution in [3.05, 3.63) is 0 Å². The van der Waals surface area contributed by atoms with Crippen LogP contribution in [0.2, 0.25) is 19.6 Å². The second kappa shape index (κ2) is 3.37. The van der Waals surface area contributed by atoms with E-state index in [0.717, 1.165) is 6.42 Å². The molecule has 0 rings (SSSR count). The fourth-order valence-corrected chi connectivity index (χ4v) is 2.06. The lowest BCUT2D eigenvalue weighted by Crippen LogP contribution is -2.30. The van der Waals surface area contributed by atoms with Gasteiger partial charge in [-0.2, -0.15) is 0 Å². The van der Waals surface area contributed by atoms with Crippen molar-refractivity contribution >= 4 is 8.32 Å². The van der Waals surface area contributed by atoms with E-state index in [2.05, 4.69) is 33.5 Å². The smallest absolute Gasteiger partial charge is 0.184 e. The van der Waals surface area contributed by atoms with Crippen LogP contribution in [0.5, 0.6) is 0 Å². The zero-order valence-corrected chi connectivity index (χ0v) is 8.19. The summed E-state index contributed by atoms with van der Waals surface area (Å²) >= 11 is 0. The van der Waals surface area contributed by atoms with Crippen LogP contribution >= 0.6 is 0 Å². The first-order chi connectivity index (χ1) is 3.95. The van der Waals surface area contributed by atoms with Crippen molar-refractivity contribution in [2.24, 2.45) is 0 Å². The van der Waals surface area contributed by atoms with Gasteiger partial charge in [-0.05, 0) is 33.0 Å². The van der Waals surface area contributed by atoms with E-state index in [1.807, 2.05) is 0 Å². The molecule has 1 atom stereocenters. The van der Waals surface area contributed by atoms with Gasteiger partial charge in [0.25, 0.3) is 0 Å². The minimum atomic E-state index is -1.24. The summed E-state index contributed by atoms with van der Waals surface area (Å²) in [5, 5.41) is 0. The molecule has 0 aliphatic carbocycles. The summed E-state index contributed by atoms with van der Waals surface area (Å²) in [6, 6.07) is 0. The molecule has 0 aromatic carbocycles. The summed E-state index contributed by atoms with van der Waals surface area (Å²) in [6.45, 7) is 11.0. The van der Waals surface area contributed by atoms with Gasteiger partial charge in [-0.1, -0.05) is 6.92 Å². The molecule has 2 heteroatoms. The zero-order valence-electron chi connectivity index (χ0n) is 7.19. The highest BCUT2D eigenvalue weighted by molar-refractivity contribution is 6.69. The third-order valence-electron chi connectivity index (χ3n) is 1.13. The van der Waals surface area contributed by atoms with E-state index in [9.17, 15) is 0 Å². The van der Waals surface area contributed by atoms with Gasteiger partial charge in [-0.3, -0.25) is 0 Å². The Morgan fingerprint density at radius 3 is 1.89 bits per heavy atom. The van der Waals surface area contributed by atoms with Gasteiger partial charge >= 0.3 is 0 Å². The molecule has 0 heterocycles. The van der Waals surface area contributed by atoms with Crippen molar-refractivity contribution in [3.63, 3.8) is 0 Å². The highest BCUT2D eigenvalue weighted by atomic mass is 28.4. The van der Waals surface area contributed by atoms with Gasteiger partial charge in [0.1, 0.15) is 0 Å². The highest BCUT2D eigenvalue weighted by Gasteiger charge is 2.16. The average Bonchev–Trinajstić information content (AvgIpc) is 1.62. The van der Waals surface area contributed by atoms with E-state index in [1.165, 1.54) is 0 Å². The monoisotopic (exact) mass is 146 g/mol. The maximum atomic E-state index is 5.73. The summed E-state index contributed by atoms with van der Waals surface area (Å²) in [6.07, 6.45) is 1.58. The zero-order chi connectivity index (χ0) is 7.49. The lowest BCUT2D eigenvalue weighted by Gasteiger charge is -2.22. The van der Waals surface area contributed by atoms with E-state index in [1.54, 1.807) is 0 Å². The first kappa shape index (κ1) is 9.18. The van der Waals surface area contributed by atoms with Gasteiger partial charge in [0.2, 0.25) is 0 Å². The summed E-state index contributed by atoms with van der Waals surface area (Å²) in [5.74, 6) is 0. The quantitative estimate of drug-likeness (QED) is 0.556. The van der Waals surface area contributed by atoms with E-state index >= 15 is 0 Å². The van der Waals surface area contributed by atoms with E-state index in [4.69, 9.17) is 4.43 Å². The van der Waals surface area contributed by atoms with Crippen molar-refractivity contribution in [2.75, 3.05) is 0 Å². The Bertz CT molecular complexity index is 75.5. The maximum absolute atomic E-state index is 5.73. The molecule has 0 N–H and O–H groups in total. The third kappa shape index (κ3) is 6.06. The van der Waals surface area contributed by atoms with Gasteiger partial charge in [0.15, 0.2) is 8.32 Å². The van der Waals surface area contributed by atoms with E-state index < -0.39 is 8.32 Å².